The van der Waals surface area contributed by atoms with E-state index in [0.29, 0.717) is 6.04 Å². The van der Waals surface area contributed by atoms with Gasteiger partial charge in [0.25, 0.3) is 0 Å². The number of benzene rings is 1. The van der Waals surface area contributed by atoms with Gasteiger partial charge in [-0.1, -0.05) is 29.8 Å². The molecule has 1 aliphatic rings. The fraction of sp³-hybridized carbons (Fsp3) is 0.375. The topological polar surface area (TPSA) is 41.0 Å². The van der Waals surface area contributed by atoms with Crippen molar-refractivity contribution in [2.75, 3.05) is 24.5 Å². The van der Waals surface area contributed by atoms with E-state index in [1.54, 1.807) is 0 Å². The van der Waals surface area contributed by atoms with Crippen molar-refractivity contribution in [1.29, 1.82) is 0 Å². The molecule has 0 radical (unpaired) electrons. The molecule has 1 N–H and O–H groups in total. The lowest BCUT2D eigenvalue weighted by Crippen LogP contribution is -2.49. The molecule has 1 atom stereocenters. The molecule has 2 heterocycles. The van der Waals surface area contributed by atoms with Crippen LogP contribution in [-0.4, -0.2) is 35.9 Å². The predicted molar refractivity (Wildman–Crippen MR) is 81.9 cm³/mol. The molecule has 0 spiro atoms. The molecular weight excluding hydrogens is 248 g/mol. The summed E-state index contributed by atoms with van der Waals surface area (Å²) in [5.74, 6) is 0.967. The molecule has 1 aromatic heterocycles. The molecule has 1 saturated heterocycles. The standard InChI is InChI=1S/C16H20N4/c1-12-3-5-14(6-4-12)15-7-8-16(19-18-15)20-10-9-17-13(2)11-20/h3-8,13,17H,9-11H2,1-2H3. The molecule has 4 nitrogen and oxygen atoms in total. The third-order valence-electron chi connectivity index (χ3n) is 3.69. The Labute approximate surface area is 119 Å². The Bertz CT molecular complexity index is 562. The van der Waals surface area contributed by atoms with E-state index < -0.39 is 0 Å². The van der Waals surface area contributed by atoms with Crippen molar-refractivity contribution in [2.45, 2.75) is 19.9 Å². The van der Waals surface area contributed by atoms with Crippen LogP contribution in [0.15, 0.2) is 36.4 Å². The maximum absolute atomic E-state index is 4.38. The fourth-order valence-corrected chi connectivity index (χ4v) is 2.51. The highest BCUT2D eigenvalue weighted by Crippen LogP contribution is 2.19. The summed E-state index contributed by atoms with van der Waals surface area (Å²) in [6.45, 7) is 7.26. The second kappa shape index (κ2) is 5.59. The largest absolute Gasteiger partial charge is 0.352 e. The van der Waals surface area contributed by atoms with Crippen LogP contribution < -0.4 is 10.2 Å². The number of hydrogen-bond donors (Lipinski definition) is 1. The van der Waals surface area contributed by atoms with Crippen molar-refractivity contribution in [3.05, 3.63) is 42.0 Å². The van der Waals surface area contributed by atoms with Crippen LogP contribution in [0.1, 0.15) is 12.5 Å². The zero-order valence-corrected chi connectivity index (χ0v) is 12.0. The first-order chi connectivity index (χ1) is 9.72. The number of nitrogens with one attached hydrogen (secondary N) is 1. The van der Waals surface area contributed by atoms with E-state index in [0.717, 1.165) is 36.7 Å². The van der Waals surface area contributed by atoms with Gasteiger partial charge in [-0.15, -0.1) is 10.2 Å². The lowest BCUT2D eigenvalue weighted by atomic mass is 10.1. The SMILES string of the molecule is Cc1ccc(-c2ccc(N3CCNC(C)C3)nn2)cc1. The number of rotatable bonds is 2. The highest BCUT2D eigenvalue weighted by molar-refractivity contribution is 5.60. The minimum absolute atomic E-state index is 0.502. The number of piperazine rings is 1. The van der Waals surface area contributed by atoms with Gasteiger partial charge in [-0.25, -0.2) is 0 Å². The maximum atomic E-state index is 4.38. The third-order valence-corrected chi connectivity index (χ3v) is 3.69. The Morgan fingerprint density at radius 3 is 2.55 bits per heavy atom. The summed E-state index contributed by atoms with van der Waals surface area (Å²) < 4.78 is 0. The number of aryl methyl sites for hydroxylation is 1. The van der Waals surface area contributed by atoms with Crippen LogP contribution in [0.4, 0.5) is 5.82 Å². The average molecular weight is 268 g/mol. The fourth-order valence-electron chi connectivity index (χ4n) is 2.51. The first-order valence-electron chi connectivity index (χ1n) is 7.11. The maximum Gasteiger partial charge on any atom is 0.151 e. The quantitative estimate of drug-likeness (QED) is 0.907. The van der Waals surface area contributed by atoms with Crippen molar-refractivity contribution in [3.8, 4) is 11.3 Å². The lowest BCUT2D eigenvalue weighted by molar-refractivity contribution is 0.481. The predicted octanol–water partition coefficient (Wildman–Crippen LogP) is 2.25. The first-order valence-corrected chi connectivity index (χ1v) is 7.11. The number of nitrogens with zero attached hydrogens (tertiary/aromatic N) is 3. The van der Waals surface area contributed by atoms with Crippen LogP contribution in [0.2, 0.25) is 0 Å². The monoisotopic (exact) mass is 268 g/mol. The molecular formula is C16H20N4. The van der Waals surface area contributed by atoms with Gasteiger partial charge in [-0.3, -0.25) is 0 Å². The van der Waals surface area contributed by atoms with E-state index in [2.05, 4.69) is 70.7 Å². The smallest absolute Gasteiger partial charge is 0.151 e. The van der Waals surface area contributed by atoms with Crippen LogP contribution in [-0.2, 0) is 0 Å². The van der Waals surface area contributed by atoms with Gasteiger partial charge in [0, 0.05) is 31.2 Å². The highest BCUT2D eigenvalue weighted by Gasteiger charge is 2.17. The molecule has 0 saturated carbocycles. The van der Waals surface area contributed by atoms with Crippen LogP contribution in [0.3, 0.4) is 0 Å². The zero-order chi connectivity index (χ0) is 13.9. The average Bonchev–Trinajstić information content (AvgIpc) is 2.48. The minimum Gasteiger partial charge on any atom is -0.352 e. The van der Waals surface area contributed by atoms with Gasteiger partial charge in [0.1, 0.15) is 0 Å². The summed E-state index contributed by atoms with van der Waals surface area (Å²) >= 11 is 0. The molecule has 0 aliphatic carbocycles. The molecule has 0 bridgehead atoms. The molecule has 1 aromatic carbocycles. The van der Waals surface area contributed by atoms with E-state index in [-0.39, 0.29) is 0 Å². The molecule has 1 aliphatic heterocycles. The minimum atomic E-state index is 0.502. The highest BCUT2D eigenvalue weighted by atomic mass is 15.3. The van der Waals surface area contributed by atoms with Gasteiger partial charge in [0.2, 0.25) is 0 Å². The summed E-state index contributed by atoms with van der Waals surface area (Å²) in [7, 11) is 0. The Hall–Kier alpha value is -1.94. The first kappa shape index (κ1) is 13.1. The van der Waals surface area contributed by atoms with Gasteiger partial charge >= 0.3 is 0 Å². The molecule has 3 rings (SSSR count). The van der Waals surface area contributed by atoms with E-state index in [1.807, 2.05) is 0 Å². The third kappa shape index (κ3) is 2.80. The summed E-state index contributed by atoms with van der Waals surface area (Å²) in [4.78, 5) is 2.28. The zero-order valence-electron chi connectivity index (χ0n) is 12.0. The lowest BCUT2D eigenvalue weighted by Gasteiger charge is -2.32. The van der Waals surface area contributed by atoms with Crippen LogP contribution in [0.5, 0.6) is 0 Å². The molecule has 1 unspecified atom stereocenters. The van der Waals surface area contributed by atoms with Gasteiger partial charge in [-0.05, 0) is 26.0 Å². The van der Waals surface area contributed by atoms with Crippen molar-refractivity contribution < 1.29 is 0 Å². The van der Waals surface area contributed by atoms with E-state index in [4.69, 9.17) is 0 Å². The summed E-state index contributed by atoms with van der Waals surface area (Å²) in [6.07, 6.45) is 0. The Kier molecular flexibility index (Phi) is 3.65. The summed E-state index contributed by atoms with van der Waals surface area (Å²) in [5.41, 5.74) is 3.30. The molecule has 104 valence electrons. The Morgan fingerprint density at radius 2 is 1.90 bits per heavy atom. The normalized spacial score (nSPS) is 19.1. The van der Waals surface area contributed by atoms with Crippen molar-refractivity contribution in [3.63, 3.8) is 0 Å². The number of anilines is 1. The van der Waals surface area contributed by atoms with E-state index in [9.17, 15) is 0 Å². The van der Waals surface area contributed by atoms with E-state index >= 15 is 0 Å². The summed E-state index contributed by atoms with van der Waals surface area (Å²) in [5, 5.41) is 12.2. The number of aromatic nitrogens is 2. The molecule has 2 aromatic rings. The van der Waals surface area contributed by atoms with E-state index in [1.165, 1.54) is 5.56 Å². The molecule has 4 heteroatoms. The Morgan fingerprint density at radius 1 is 1.10 bits per heavy atom. The van der Waals surface area contributed by atoms with Crippen LogP contribution >= 0.6 is 0 Å². The van der Waals surface area contributed by atoms with Crippen molar-refractivity contribution in [1.82, 2.24) is 15.5 Å². The second-order valence-electron chi connectivity index (χ2n) is 5.44. The molecule has 1 fully saturated rings. The van der Waals surface area contributed by atoms with Gasteiger partial charge in [0.05, 0.1) is 5.69 Å². The van der Waals surface area contributed by atoms with Gasteiger partial charge in [0.15, 0.2) is 5.82 Å². The van der Waals surface area contributed by atoms with Gasteiger partial charge in [-0.2, -0.15) is 0 Å². The molecule has 0 amide bonds. The number of hydrogen-bond acceptors (Lipinski definition) is 4. The van der Waals surface area contributed by atoms with Crippen LogP contribution in [0, 0.1) is 6.92 Å². The Balaban J connectivity index is 1.78. The second-order valence-corrected chi connectivity index (χ2v) is 5.44. The van der Waals surface area contributed by atoms with Crippen molar-refractivity contribution >= 4 is 5.82 Å². The van der Waals surface area contributed by atoms with Crippen molar-refractivity contribution in [2.24, 2.45) is 0 Å². The molecule has 20 heavy (non-hydrogen) atoms. The van der Waals surface area contributed by atoms with Gasteiger partial charge < -0.3 is 10.2 Å². The summed E-state index contributed by atoms with van der Waals surface area (Å²) in [6, 6.07) is 13.0. The van der Waals surface area contributed by atoms with Crippen LogP contribution in [0.25, 0.3) is 11.3 Å².